The van der Waals surface area contributed by atoms with Crippen LogP contribution < -0.4 is 0 Å². The SMILES string of the molecule is CCCN(Cc1cccn1Cc1ccccc1)C(=O)N(C)C. The van der Waals surface area contributed by atoms with Crippen LogP contribution in [0.5, 0.6) is 0 Å². The van der Waals surface area contributed by atoms with Crippen molar-refractivity contribution < 1.29 is 4.79 Å². The molecular weight excluding hydrogens is 274 g/mol. The molecule has 118 valence electrons. The molecule has 2 aromatic rings. The van der Waals surface area contributed by atoms with Crippen LogP contribution in [0.4, 0.5) is 4.79 Å². The maximum atomic E-state index is 12.3. The van der Waals surface area contributed by atoms with Gasteiger partial charge < -0.3 is 14.4 Å². The minimum Gasteiger partial charge on any atom is -0.345 e. The van der Waals surface area contributed by atoms with E-state index in [-0.39, 0.29) is 6.03 Å². The third kappa shape index (κ3) is 4.13. The van der Waals surface area contributed by atoms with Crippen LogP contribution >= 0.6 is 0 Å². The van der Waals surface area contributed by atoms with Crippen molar-refractivity contribution in [2.24, 2.45) is 0 Å². The third-order valence-corrected chi connectivity index (χ3v) is 3.62. The fraction of sp³-hybridized carbons (Fsp3) is 0.389. The Morgan fingerprint density at radius 1 is 1.09 bits per heavy atom. The van der Waals surface area contributed by atoms with E-state index in [0.717, 1.165) is 25.2 Å². The van der Waals surface area contributed by atoms with Gasteiger partial charge in [-0.15, -0.1) is 0 Å². The van der Waals surface area contributed by atoms with Gasteiger partial charge in [0.1, 0.15) is 0 Å². The van der Waals surface area contributed by atoms with Crippen LogP contribution in [0, 0.1) is 0 Å². The molecule has 0 saturated carbocycles. The minimum absolute atomic E-state index is 0.0642. The largest absolute Gasteiger partial charge is 0.345 e. The number of hydrogen-bond donors (Lipinski definition) is 0. The average Bonchev–Trinajstić information content (AvgIpc) is 2.94. The number of urea groups is 1. The molecule has 4 heteroatoms. The van der Waals surface area contributed by atoms with Crippen LogP contribution in [0.3, 0.4) is 0 Å². The van der Waals surface area contributed by atoms with E-state index in [1.807, 2.05) is 17.0 Å². The van der Waals surface area contributed by atoms with Gasteiger partial charge in [0.25, 0.3) is 0 Å². The van der Waals surface area contributed by atoms with E-state index < -0.39 is 0 Å². The second-order valence-corrected chi connectivity index (χ2v) is 5.71. The zero-order chi connectivity index (χ0) is 15.9. The molecule has 0 bridgehead atoms. The van der Waals surface area contributed by atoms with Gasteiger partial charge in [0.05, 0.1) is 6.54 Å². The quantitative estimate of drug-likeness (QED) is 0.803. The highest BCUT2D eigenvalue weighted by atomic mass is 16.2. The highest BCUT2D eigenvalue weighted by molar-refractivity contribution is 5.73. The summed E-state index contributed by atoms with van der Waals surface area (Å²) in [6, 6.07) is 14.6. The highest BCUT2D eigenvalue weighted by Gasteiger charge is 2.16. The summed E-state index contributed by atoms with van der Waals surface area (Å²) < 4.78 is 2.21. The first-order chi connectivity index (χ1) is 10.6. The van der Waals surface area contributed by atoms with Crippen molar-refractivity contribution in [1.82, 2.24) is 14.4 Å². The van der Waals surface area contributed by atoms with E-state index in [0.29, 0.717) is 6.54 Å². The van der Waals surface area contributed by atoms with Gasteiger partial charge in [-0.3, -0.25) is 0 Å². The van der Waals surface area contributed by atoms with Crippen LogP contribution in [0.25, 0.3) is 0 Å². The Balaban J connectivity index is 2.12. The Kier molecular flexibility index (Phi) is 5.64. The smallest absolute Gasteiger partial charge is 0.319 e. The zero-order valence-corrected chi connectivity index (χ0v) is 13.7. The molecule has 4 nitrogen and oxygen atoms in total. The number of aromatic nitrogens is 1. The molecule has 1 aromatic carbocycles. The van der Waals surface area contributed by atoms with Crippen LogP contribution in [0.1, 0.15) is 24.6 Å². The number of carbonyl (C=O) groups is 1. The fourth-order valence-corrected chi connectivity index (χ4v) is 2.52. The number of rotatable bonds is 6. The van der Waals surface area contributed by atoms with Crippen molar-refractivity contribution >= 4 is 6.03 Å². The summed E-state index contributed by atoms with van der Waals surface area (Å²) in [5.74, 6) is 0. The maximum absolute atomic E-state index is 12.3. The lowest BCUT2D eigenvalue weighted by Gasteiger charge is -2.26. The molecule has 0 unspecified atom stereocenters. The lowest BCUT2D eigenvalue weighted by molar-refractivity contribution is 0.167. The summed E-state index contributed by atoms with van der Waals surface area (Å²) in [6.07, 6.45) is 3.03. The number of carbonyl (C=O) groups excluding carboxylic acids is 1. The Labute approximate surface area is 133 Å². The first-order valence-electron chi connectivity index (χ1n) is 7.76. The molecule has 0 atom stereocenters. The normalized spacial score (nSPS) is 10.5. The second-order valence-electron chi connectivity index (χ2n) is 5.71. The minimum atomic E-state index is 0.0642. The zero-order valence-electron chi connectivity index (χ0n) is 13.7. The van der Waals surface area contributed by atoms with Crippen molar-refractivity contribution in [3.8, 4) is 0 Å². The monoisotopic (exact) mass is 299 g/mol. The third-order valence-electron chi connectivity index (χ3n) is 3.62. The van der Waals surface area contributed by atoms with Crippen molar-refractivity contribution in [3.63, 3.8) is 0 Å². The Bertz CT molecular complexity index is 589. The van der Waals surface area contributed by atoms with Gasteiger partial charge in [-0.2, -0.15) is 0 Å². The Hall–Kier alpha value is -2.23. The number of amides is 2. The van der Waals surface area contributed by atoms with Gasteiger partial charge in [0, 0.05) is 39.1 Å². The van der Waals surface area contributed by atoms with Gasteiger partial charge in [-0.05, 0) is 24.1 Å². The molecule has 0 spiro atoms. The van der Waals surface area contributed by atoms with Crippen LogP contribution in [-0.4, -0.2) is 41.0 Å². The van der Waals surface area contributed by atoms with E-state index in [1.165, 1.54) is 5.56 Å². The second kappa shape index (κ2) is 7.69. The number of hydrogen-bond acceptors (Lipinski definition) is 1. The lowest BCUT2D eigenvalue weighted by atomic mass is 10.2. The molecule has 0 aliphatic heterocycles. The van der Waals surface area contributed by atoms with E-state index in [9.17, 15) is 4.79 Å². The van der Waals surface area contributed by atoms with Crippen LogP contribution in [-0.2, 0) is 13.1 Å². The molecule has 0 aliphatic carbocycles. The summed E-state index contributed by atoms with van der Waals surface area (Å²) in [5.41, 5.74) is 2.42. The van der Waals surface area contributed by atoms with Crippen molar-refractivity contribution in [1.29, 1.82) is 0 Å². The van der Waals surface area contributed by atoms with Crippen molar-refractivity contribution in [2.45, 2.75) is 26.4 Å². The topological polar surface area (TPSA) is 28.5 Å². The summed E-state index contributed by atoms with van der Waals surface area (Å²) in [6.45, 7) is 4.34. The van der Waals surface area contributed by atoms with Crippen LogP contribution in [0.2, 0.25) is 0 Å². The fourth-order valence-electron chi connectivity index (χ4n) is 2.52. The van der Waals surface area contributed by atoms with E-state index in [4.69, 9.17) is 0 Å². The molecule has 0 radical (unpaired) electrons. The molecular formula is C18H25N3O. The first-order valence-corrected chi connectivity index (χ1v) is 7.76. The summed E-state index contributed by atoms with van der Waals surface area (Å²) in [7, 11) is 3.60. The average molecular weight is 299 g/mol. The van der Waals surface area contributed by atoms with Gasteiger partial charge in [0.2, 0.25) is 0 Å². The van der Waals surface area contributed by atoms with Crippen molar-refractivity contribution in [3.05, 3.63) is 59.9 Å². The molecule has 2 rings (SSSR count). The number of benzene rings is 1. The molecule has 0 fully saturated rings. The molecule has 0 N–H and O–H groups in total. The van der Waals surface area contributed by atoms with Crippen molar-refractivity contribution in [2.75, 3.05) is 20.6 Å². The number of nitrogens with zero attached hydrogens (tertiary/aromatic N) is 3. The first kappa shape index (κ1) is 16.1. The van der Waals surface area contributed by atoms with E-state index >= 15 is 0 Å². The highest BCUT2D eigenvalue weighted by Crippen LogP contribution is 2.12. The predicted molar refractivity (Wildman–Crippen MR) is 89.8 cm³/mol. The Morgan fingerprint density at radius 3 is 2.45 bits per heavy atom. The summed E-state index contributed by atoms with van der Waals surface area (Å²) in [5, 5.41) is 0. The molecule has 1 heterocycles. The summed E-state index contributed by atoms with van der Waals surface area (Å²) >= 11 is 0. The molecule has 0 saturated heterocycles. The van der Waals surface area contributed by atoms with E-state index in [1.54, 1.807) is 19.0 Å². The molecule has 2 amide bonds. The van der Waals surface area contributed by atoms with Gasteiger partial charge >= 0.3 is 6.03 Å². The standard InChI is InChI=1S/C18H25N3O/c1-4-12-21(18(22)19(2)3)15-17-11-8-13-20(17)14-16-9-6-5-7-10-16/h5-11,13H,4,12,14-15H2,1-3H3. The summed E-state index contributed by atoms with van der Waals surface area (Å²) in [4.78, 5) is 15.8. The van der Waals surface area contributed by atoms with Gasteiger partial charge in [-0.1, -0.05) is 37.3 Å². The molecule has 1 aromatic heterocycles. The lowest BCUT2D eigenvalue weighted by Crippen LogP contribution is -2.39. The van der Waals surface area contributed by atoms with Gasteiger partial charge in [0.15, 0.2) is 0 Å². The van der Waals surface area contributed by atoms with Crippen LogP contribution in [0.15, 0.2) is 48.7 Å². The maximum Gasteiger partial charge on any atom is 0.319 e. The molecule has 0 aliphatic rings. The predicted octanol–water partition coefficient (Wildman–Crippen LogP) is 3.43. The molecule has 22 heavy (non-hydrogen) atoms. The van der Waals surface area contributed by atoms with Gasteiger partial charge in [-0.25, -0.2) is 4.79 Å². The van der Waals surface area contributed by atoms with E-state index in [2.05, 4.69) is 48.0 Å². The Morgan fingerprint density at radius 2 is 1.82 bits per heavy atom.